The van der Waals surface area contributed by atoms with Crippen molar-refractivity contribution in [2.75, 3.05) is 13.1 Å². The van der Waals surface area contributed by atoms with Gasteiger partial charge < -0.3 is 15.4 Å². The number of nitrogens with zero attached hydrogens (tertiary/aromatic N) is 1. The molecule has 1 aromatic rings. The molecular weight excluding hydrogens is 302 g/mol. The van der Waals surface area contributed by atoms with Crippen molar-refractivity contribution in [1.82, 2.24) is 4.90 Å². The summed E-state index contributed by atoms with van der Waals surface area (Å²) in [5, 5.41) is 7.39. The summed E-state index contributed by atoms with van der Waals surface area (Å²) >= 11 is 0. The van der Waals surface area contributed by atoms with Crippen LogP contribution >= 0.6 is 12.4 Å². The number of carbonyl (C=O) groups is 1. The van der Waals surface area contributed by atoms with Crippen LogP contribution in [0, 0.1) is 18.3 Å². The summed E-state index contributed by atoms with van der Waals surface area (Å²) < 4.78 is 5.32. The van der Waals surface area contributed by atoms with Crippen molar-refractivity contribution in [3.05, 3.63) is 29.8 Å². The van der Waals surface area contributed by atoms with Gasteiger partial charge in [0.05, 0.1) is 0 Å². The summed E-state index contributed by atoms with van der Waals surface area (Å²) in [7, 11) is 0. The molecule has 3 N–H and O–H groups in total. The van der Waals surface area contributed by atoms with Gasteiger partial charge in [-0.3, -0.25) is 10.2 Å². The number of nitrogens with two attached hydrogens (primary N) is 1. The standard InChI is InChI=1S/C16H23N3O2.ClH/c1-12-2-5-14(6-3-12)21-15(20)7-4-13-8-10-19(11-9-13)16(17)18;/h2-3,5-6,13H,4,7-11H2,1H3,(H3,17,18);1H. The molecule has 2 rings (SSSR count). The maximum atomic E-state index is 11.8. The maximum Gasteiger partial charge on any atom is 0.311 e. The zero-order chi connectivity index (χ0) is 15.2. The SMILES string of the molecule is Cc1ccc(OC(=O)CCC2CCN(C(=N)N)CC2)cc1.Cl. The van der Waals surface area contributed by atoms with Crippen LogP contribution in [0.3, 0.4) is 0 Å². The van der Waals surface area contributed by atoms with Gasteiger partial charge in [-0.05, 0) is 44.2 Å². The maximum absolute atomic E-state index is 11.8. The zero-order valence-electron chi connectivity index (χ0n) is 12.9. The van der Waals surface area contributed by atoms with Gasteiger partial charge in [0.1, 0.15) is 5.75 Å². The van der Waals surface area contributed by atoms with Gasteiger partial charge in [0.15, 0.2) is 5.96 Å². The molecule has 0 unspecified atom stereocenters. The zero-order valence-corrected chi connectivity index (χ0v) is 13.7. The minimum Gasteiger partial charge on any atom is -0.427 e. The number of nitrogens with one attached hydrogen (secondary N) is 1. The van der Waals surface area contributed by atoms with Gasteiger partial charge in [0, 0.05) is 19.5 Å². The lowest BCUT2D eigenvalue weighted by Crippen LogP contribution is -2.42. The number of benzene rings is 1. The molecule has 0 bridgehead atoms. The second kappa shape index (κ2) is 8.63. The van der Waals surface area contributed by atoms with E-state index in [0.717, 1.165) is 37.9 Å². The molecule has 1 aliphatic heterocycles. The van der Waals surface area contributed by atoms with Gasteiger partial charge in [0.25, 0.3) is 0 Å². The molecule has 1 aliphatic rings. The Kier molecular flexibility index (Phi) is 7.18. The van der Waals surface area contributed by atoms with Crippen molar-refractivity contribution >= 4 is 24.3 Å². The Balaban J connectivity index is 0.00000242. The predicted octanol–water partition coefficient (Wildman–Crippen LogP) is 2.71. The molecule has 122 valence electrons. The molecule has 0 spiro atoms. The number of esters is 1. The smallest absolute Gasteiger partial charge is 0.311 e. The van der Waals surface area contributed by atoms with E-state index in [1.165, 1.54) is 0 Å². The Labute approximate surface area is 137 Å². The summed E-state index contributed by atoms with van der Waals surface area (Å²) in [5.41, 5.74) is 6.61. The number of hydrogen-bond donors (Lipinski definition) is 2. The minimum atomic E-state index is -0.173. The summed E-state index contributed by atoms with van der Waals surface area (Å²) in [4.78, 5) is 13.7. The van der Waals surface area contributed by atoms with Crippen molar-refractivity contribution in [2.45, 2.75) is 32.6 Å². The van der Waals surface area contributed by atoms with E-state index >= 15 is 0 Å². The van der Waals surface area contributed by atoms with Gasteiger partial charge in [-0.15, -0.1) is 12.4 Å². The molecule has 0 saturated carbocycles. The Morgan fingerprint density at radius 2 is 1.91 bits per heavy atom. The molecule has 0 atom stereocenters. The average Bonchev–Trinajstić information content (AvgIpc) is 2.48. The Hall–Kier alpha value is -1.75. The highest BCUT2D eigenvalue weighted by molar-refractivity contribution is 5.85. The molecule has 1 fully saturated rings. The molecule has 6 heteroatoms. The van der Waals surface area contributed by atoms with Crippen molar-refractivity contribution in [3.63, 3.8) is 0 Å². The number of carbonyl (C=O) groups excluding carboxylic acids is 1. The van der Waals surface area contributed by atoms with Crippen LogP contribution in [-0.4, -0.2) is 29.9 Å². The molecule has 22 heavy (non-hydrogen) atoms. The fourth-order valence-corrected chi connectivity index (χ4v) is 2.57. The predicted molar refractivity (Wildman–Crippen MR) is 89.5 cm³/mol. The molecule has 1 saturated heterocycles. The topological polar surface area (TPSA) is 79.4 Å². The number of hydrogen-bond acceptors (Lipinski definition) is 3. The highest BCUT2D eigenvalue weighted by atomic mass is 35.5. The van der Waals surface area contributed by atoms with Crippen LogP contribution in [-0.2, 0) is 4.79 Å². The molecule has 5 nitrogen and oxygen atoms in total. The monoisotopic (exact) mass is 325 g/mol. The first-order valence-electron chi connectivity index (χ1n) is 7.41. The van der Waals surface area contributed by atoms with Gasteiger partial charge >= 0.3 is 5.97 Å². The van der Waals surface area contributed by atoms with Crippen LogP contribution in [0.4, 0.5) is 0 Å². The Morgan fingerprint density at radius 1 is 1.32 bits per heavy atom. The number of aryl methyl sites for hydroxylation is 1. The molecule has 0 amide bonds. The normalized spacial score (nSPS) is 15.0. The first kappa shape index (κ1) is 18.3. The minimum absolute atomic E-state index is 0. The average molecular weight is 326 g/mol. The molecule has 1 heterocycles. The summed E-state index contributed by atoms with van der Waals surface area (Å²) in [5.74, 6) is 1.10. The largest absolute Gasteiger partial charge is 0.427 e. The van der Waals surface area contributed by atoms with E-state index in [1.54, 1.807) is 0 Å². The van der Waals surface area contributed by atoms with E-state index in [2.05, 4.69) is 0 Å². The Morgan fingerprint density at radius 3 is 2.45 bits per heavy atom. The quantitative estimate of drug-likeness (QED) is 0.386. The van der Waals surface area contributed by atoms with Crippen LogP contribution < -0.4 is 10.5 Å². The lowest BCUT2D eigenvalue weighted by Gasteiger charge is -2.31. The van der Waals surface area contributed by atoms with Crippen LogP contribution in [0.2, 0.25) is 0 Å². The van der Waals surface area contributed by atoms with Gasteiger partial charge in [0.2, 0.25) is 0 Å². The van der Waals surface area contributed by atoms with Crippen molar-refractivity contribution < 1.29 is 9.53 Å². The van der Waals surface area contributed by atoms with E-state index < -0.39 is 0 Å². The van der Waals surface area contributed by atoms with E-state index in [4.69, 9.17) is 15.9 Å². The van der Waals surface area contributed by atoms with E-state index in [1.807, 2.05) is 36.1 Å². The molecule has 0 aliphatic carbocycles. The number of rotatable bonds is 4. The highest BCUT2D eigenvalue weighted by Gasteiger charge is 2.20. The molecular formula is C16H24ClN3O2. The van der Waals surface area contributed by atoms with E-state index in [-0.39, 0.29) is 24.3 Å². The summed E-state index contributed by atoms with van der Waals surface area (Å²) in [6, 6.07) is 7.50. The van der Waals surface area contributed by atoms with Crippen LogP contribution in [0.1, 0.15) is 31.2 Å². The van der Waals surface area contributed by atoms with Crippen LogP contribution in [0.5, 0.6) is 5.75 Å². The Bertz CT molecular complexity index is 497. The van der Waals surface area contributed by atoms with Gasteiger partial charge in [-0.1, -0.05) is 17.7 Å². The van der Waals surface area contributed by atoms with Crippen molar-refractivity contribution in [2.24, 2.45) is 11.7 Å². The number of likely N-dealkylation sites (tertiary alicyclic amines) is 1. The first-order valence-corrected chi connectivity index (χ1v) is 7.41. The van der Waals surface area contributed by atoms with E-state index in [9.17, 15) is 4.79 Å². The van der Waals surface area contributed by atoms with Gasteiger partial charge in [-0.2, -0.15) is 0 Å². The van der Waals surface area contributed by atoms with Crippen LogP contribution in [0.25, 0.3) is 0 Å². The molecule has 1 aromatic carbocycles. The number of piperidine rings is 1. The highest BCUT2D eigenvalue weighted by Crippen LogP contribution is 2.22. The third kappa shape index (κ3) is 5.56. The van der Waals surface area contributed by atoms with Crippen molar-refractivity contribution in [1.29, 1.82) is 5.41 Å². The summed E-state index contributed by atoms with van der Waals surface area (Å²) in [6.07, 6.45) is 3.25. The summed E-state index contributed by atoms with van der Waals surface area (Å²) in [6.45, 7) is 3.62. The molecule has 0 aromatic heterocycles. The lowest BCUT2D eigenvalue weighted by atomic mass is 9.92. The van der Waals surface area contributed by atoms with Crippen LogP contribution in [0.15, 0.2) is 24.3 Å². The fourth-order valence-electron chi connectivity index (χ4n) is 2.57. The van der Waals surface area contributed by atoms with Gasteiger partial charge in [-0.25, -0.2) is 0 Å². The molecule has 0 radical (unpaired) electrons. The third-order valence-electron chi connectivity index (χ3n) is 3.96. The number of ether oxygens (including phenoxy) is 1. The lowest BCUT2D eigenvalue weighted by molar-refractivity contribution is -0.134. The van der Waals surface area contributed by atoms with Crippen molar-refractivity contribution in [3.8, 4) is 5.75 Å². The first-order chi connectivity index (χ1) is 10.0. The van der Waals surface area contributed by atoms with E-state index in [0.29, 0.717) is 18.1 Å². The number of halogens is 1. The second-order valence-electron chi connectivity index (χ2n) is 5.64. The third-order valence-corrected chi connectivity index (χ3v) is 3.96. The fraction of sp³-hybridized carbons (Fsp3) is 0.500. The number of guanidine groups is 1. The second-order valence-corrected chi connectivity index (χ2v) is 5.64.